The van der Waals surface area contributed by atoms with E-state index in [2.05, 4.69) is 32.9 Å². The molecule has 0 aromatic heterocycles. The van der Waals surface area contributed by atoms with Gasteiger partial charge in [0, 0.05) is 29.6 Å². The molecule has 1 aliphatic heterocycles. The Morgan fingerprint density at radius 3 is 2.05 bits per heavy atom. The third-order valence-electron chi connectivity index (χ3n) is 12.9. The summed E-state index contributed by atoms with van der Waals surface area (Å²) in [4.78, 5) is 0. The van der Waals surface area contributed by atoms with E-state index >= 15 is 8.78 Å². The third-order valence-corrected chi connectivity index (χ3v) is 12.9. The van der Waals surface area contributed by atoms with Crippen molar-refractivity contribution >= 4 is 0 Å². The lowest BCUT2D eigenvalue weighted by molar-refractivity contribution is -0.362. The van der Waals surface area contributed by atoms with Crippen LogP contribution in [0.5, 0.6) is 0 Å². The van der Waals surface area contributed by atoms with Gasteiger partial charge in [-0.15, -0.1) is 0 Å². The molecular weight excluding hydrogens is 579 g/mol. The minimum absolute atomic E-state index is 0.0474. The zero-order valence-electron chi connectivity index (χ0n) is 26.1. The number of fused-ring (bicyclic) bond motifs is 4. The van der Waals surface area contributed by atoms with Gasteiger partial charge in [-0.1, -0.05) is 57.5 Å². The maximum absolute atomic E-state index is 15.3. The Kier molecular flexibility index (Phi) is 6.56. The first-order valence-corrected chi connectivity index (χ1v) is 16.3. The molecule has 0 bridgehead atoms. The Bertz CT molecular complexity index is 1350. The summed E-state index contributed by atoms with van der Waals surface area (Å²) in [6.07, 6.45) is -2.18. The number of hydrogen-bond donors (Lipinski definition) is 2. The Balaban J connectivity index is 1.32. The van der Waals surface area contributed by atoms with Gasteiger partial charge in [0.1, 0.15) is 5.60 Å². The number of allylic oxidation sites excluding steroid dienone is 1. The van der Waals surface area contributed by atoms with Crippen molar-refractivity contribution in [3.63, 3.8) is 0 Å². The van der Waals surface area contributed by atoms with E-state index < -0.39 is 52.8 Å². The maximum Gasteiger partial charge on any atom is 0.456 e. The summed E-state index contributed by atoms with van der Waals surface area (Å²) in [5.74, 6) is -7.52. The summed E-state index contributed by atoms with van der Waals surface area (Å²) in [6, 6.07) is 8.08. The van der Waals surface area contributed by atoms with Crippen molar-refractivity contribution in [3.8, 4) is 0 Å². The minimum atomic E-state index is -5.87. The SMILES string of the molecule is CC1(C)COC2(CCC3=C4[C@@H](CC[C@@]3(O)C2)[C@@H]2CC[C@@](O)(C(F)(F)C(F)(F)F)[C@@]2(C)C[C@@H]4c2ccc(C3(C)CC3)cc2)OC1. The first kappa shape index (κ1) is 31.1. The lowest BCUT2D eigenvalue weighted by Gasteiger charge is -2.59. The Hall–Kier alpha value is -1.55. The zero-order chi connectivity index (χ0) is 31.8. The molecule has 1 aromatic rings. The highest BCUT2D eigenvalue weighted by molar-refractivity contribution is 5.45. The topological polar surface area (TPSA) is 58.9 Å². The van der Waals surface area contributed by atoms with Gasteiger partial charge in [-0.25, -0.2) is 0 Å². The highest BCUT2D eigenvalue weighted by atomic mass is 19.4. The summed E-state index contributed by atoms with van der Waals surface area (Å²) in [5.41, 5.74) is -2.26. The van der Waals surface area contributed by atoms with Crippen LogP contribution in [-0.2, 0) is 14.9 Å². The monoisotopic (exact) mass is 624 g/mol. The van der Waals surface area contributed by atoms with Gasteiger partial charge in [0.2, 0.25) is 0 Å². The van der Waals surface area contributed by atoms with Gasteiger partial charge in [-0.2, -0.15) is 22.0 Å². The van der Waals surface area contributed by atoms with Crippen LogP contribution >= 0.6 is 0 Å². The van der Waals surface area contributed by atoms with E-state index in [9.17, 15) is 23.4 Å². The molecule has 1 heterocycles. The molecule has 1 spiro atoms. The van der Waals surface area contributed by atoms with Crippen LogP contribution in [0.3, 0.4) is 0 Å². The summed E-state index contributed by atoms with van der Waals surface area (Å²) < 4.78 is 84.9. The van der Waals surface area contributed by atoms with Gasteiger partial charge in [0.15, 0.2) is 5.79 Å². The fourth-order valence-corrected chi connectivity index (χ4v) is 9.90. The molecular formula is C35H45F5O4. The number of halogens is 5. The largest absolute Gasteiger partial charge is 0.456 e. The molecule has 5 fully saturated rings. The van der Waals surface area contributed by atoms with Crippen molar-refractivity contribution in [1.82, 2.24) is 0 Å². The number of hydrogen-bond acceptors (Lipinski definition) is 4. The molecule has 0 unspecified atom stereocenters. The third kappa shape index (κ3) is 4.27. The molecule has 0 amide bonds. The van der Waals surface area contributed by atoms with Crippen LogP contribution in [0.25, 0.3) is 0 Å². The first-order valence-electron chi connectivity index (χ1n) is 16.3. The van der Waals surface area contributed by atoms with Gasteiger partial charge in [-0.3, -0.25) is 0 Å². The predicted octanol–water partition coefficient (Wildman–Crippen LogP) is 7.96. The summed E-state index contributed by atoms with van der Waals surface area (Å²) >= 11 is 0. The van der Waals surface area contributed by atoms with Crippen LogP contribution in [0.1, 0.15) is 109 Å². The highest BCUT2D eigenvalue weighted by Gasteiger charge is 2.79. The molecule has 4 saturated carbocycles. The number of alkyl halides is 5. The average Bonchev–Trinajstić information content (AvgIpc) is 3.64. The number of aliphatic hydroxyl groups is 2. The summed E-state index contributed by atoms with van der Waals surface area (Å²) in [6.45, 7) is 8.82. The second-order valence-corrected chi connectivity index (χ2v) is 16.4. The van der Waals surface area contributed by atoms with Crippen LogP contribution < -0.4 is 0 Å². The Morgan fingerprint density at radius 2 is 1.45 bits per heavy atom. The molecule has 1 saturated heterocycles. The lowest BCUT2D eigenvalue weighted by Crippen LogP contribution is -2.65. The highest BCUT2D eigenvalue weighted by Crippen LogP contribution is 2.71. The molecule has 6 atom stereocenters. The van der Waals surface area contributed by atoms with E-state index in [4.69, 9.17) is 9.47 Å². The fraction of sp³-hybridized carbons (Fsp3) is 0.771. The van der Waals surface area contributed by atoms with Crippen molar-refractivity contribution in [3.05, 3.63) is 46.5 Å². The molecule has 2 N–H and O–H groups in total. The van der Waals surface area contributed by atoms with Crippen LogP contribution in [0.15, 0.2) is 35.4 Å². The van der Waals surface area contributed by atoms with Crippen LogP contribution in [0.4, 0.5) is 22.0 Å². The number of ether oxygens (including phenoxy) is 2. The van der Waals surface area contributed by atoms with Crippen LogP contribution in [0.2, 0.25) is 0 Å². The van der Waals surface area contributed by atoms with Gasteiger partial charge in [-0.05, 0) is 85.3 Å². The Morgan fingerprint density at radius 1 is 0.818 bits per heavy atom. The molecule has 6 aliphatic rings. The average molecular weight is 625 g/mol. The van der Waals surface area contributed by atoms with Crippen molar-refractivity contribution < 1.29 is 41.6 Å². The molecule has 9 heteroatoms. The van der Waals surface area contributed by atoms with Crippen LogP contribution in [-0.4, -0.2) is 52.5 Å². The van der Waals surface area contributed by atoms with E-state index in [1.807, 2.05) is 12.1 Å². The number of rotatable bonds is 3. The van der Waals surface area contributed by atoms with Gasteiger partial charge < -0.3 is 19.7 Å². The second-order valence-electron chi connectivity index (χ2n) is 16.4. The Labute approximate surface area is 256 Å². The maximum atomic E-state index is 15.3. The molecule has 7 rings (SSSR count). The van der Waals surface area contributed by atoms with Crippen molar-refractivity contribution in [2.24, 2.45) is 22.7 Å². The van der Waals surface area contributed by atoms with E-state index in [1.165, 1.54) is 12.5 Å². The molecule has 5 aliphatic carbocycles. The standard InChI is InChI=1S/C35H45F5O4/c1-28(2)19-43-32(44-20-28)13-10-26-27-23(9-12-31(26,41)18-32)25-11-14-33(42,34(36,37)35(38,39)40)30(25,4)17-24(27)21-5-7-22(8-6-21)29(3)15-16-29/h5-8,23-25,41-42H,9-20H2,1-4H3/t23-,24+,25-,30-,31+,33-/m0/s1. The predicted molar refractivity (Wildman–Crippen MR) is 154 cm³/mol. The van der Waals surface area contributed by atoms with E-state index in [0.29, 0.717) is 38.9 Å². The quantitative estimate of drug-likeness (QED) is 0.265. The second kappa shape index (κ2) is 9.29. The van der Waals surface area contributed by atoms with Gasteiger partial charge in [0.05, 0.1) is 18.8 Å². The number of benzene rings is 1. The summed E-state index contributed by atoms with van der Waals surface area (Å²) in [5, 5.41) is 23.9. The van der Waals surface area contributed by atoms with Gasteiger partial charge in [0.25, 0.3) is 0 Å². The molecule has 1 aromatic carbocycles. The molecule has 44 heavy (non-hydrogen) atoms. The lowest BCUT2D eigenvalue weighted by atomic mass is 9.49. The van der Waals surface area contributed by atoms with Crippen molar-refractivity contribution in [2.75, 3.05) is 13.2 Å². The summed E-state index contributed by atoms with van der Waals surface area (Å²) in [7, 11) is 0. The van der Waals surface area contributed by atoms with E-state index in [0.717, 1.165) is 29.6 Å². The molecule has 244 valence electrons. The molecule has 4 nitrogen and oxygen atoms in total. The normalized spacial score (nSPS) is 40.8. The first-order chi connectivity index (χ1) is 20.3. The molecule has 0 radical (unpaired) electrons. The van der Waals surface area contributed by atoms with E-state index in [1.54, 1.807) is 0 Å². The van der Waals surface area contributed by atoms with Crippen molar-refractivity contribution in [2.45, 2.75) is 132 Å². The van der Waals surface area contributed by atoms with E-state index in [-0.39, 0.29) is 36.0 Å². The van der Waals surface area contributed by atoms with Gasteiger partial charge >= 0.3 is 12.1 Å². The zero-order valence-corrected chi connectivity index (χ0v) is 26.1. The van der Waals surface area contributed by atoms with Crippen LogP contribution in [0, 0.1) is 22.7 Å². The smallest absolute Gasteiger partial charge is 0.385 e. The van der Waals surface area contributed by atoms with Crippen molar-refractivity contribution in [1.29, 1.82) is 0 Å². The fourth-order valence-electron chi connectivity index (χ4n) is 9.90. The minimum Gasteiger partial charge on any atom is -0.385 e.